The zero-order valence-electron chi connectivity index (χ0n) is 23.0. The zero-order chi connectivity index (χ0) is 29.1. The number of rotatable bonds is 15. The lowest BCUT2D eigenvalue weighted by Gasteiger charge is -2.23. The Morgan fingerprint density at radius 1 is 1.02 bits per heavy atom. The predicted octanol–water partition coefficient (Wildman–Crippen LogP) is 5.28. The molecule has 0 fully saturated rings. The van der Waals surface area contributed by atoms with E-state index in [1.54, 1.807) is 17.2 Å². The number of carbonyl (C=O) groups is 2. The van der Waals surface area contributed by atoms with Crippen molar-refractivity contribution in [1.82, 2.24) is 10.4 Å². The molecule has 3 aromatic rings. The summed E-state index contributed by atoms with van der Waals surface area (Å²) in [5, 5.41) is 15.9. The van der Waals surface area contributed by atoms with Crippen molar-refractivity contribution in [3.05, 3.63) is 94.6 Å². The maximum atomic E-state index is 13.7. The number of unbranched alkanes of at least 4 members (excludes halogenated alkanes) is 1. The van der Waals surface area contributed by atoms with Gasteiger partial charge in [0.25, 0.3) is 5.91 Å². The second-order valence-electron chi connectivity index (χ2n) is 9.59. The molecular formula is C31H35F2N2O4S-. The van der Waals surface area contributed by atoms with E-state index in [2.05, 4.69) is 5.32 Å². The Balaban J connectivity index is 1.87. The smallest absolute Gasteiger partial charge is 0.252 e. The van der Waals surface area contributed by atoms with Crippen molar-refractivity contribution in [2.24, 2.45) is 0 Å². The van der Waals surface area contributed by atoms with Crippen LogP contribution in [0.15, 0.2) is 60.7 Å². The lowest BCUT2D eigenvalue weighted by molar-refractivity contribution is -0.308. The van der Waals surface area contributed by atoms with E-state index in [0.29, 0.717) is 29.0 Å². The summed E-state index contributed by atoms with van der Waals surface area (Å²) >= 11 is 1.49. The van der Waals surface area contributed by atoms with Gasteiger partial charge in [0, 0.05) is 24.7 Å². The van der Waals surface area contributed by atoms with Gasteiger partial charge in [0.2, 0.25) is 0 Å². The third-order valence-corrected chi connectivity index (χ3v) is 7.06. The molecule has 0 saturated carbocycles. The third-order valence-electron chi connectivity index (χ3n) is 6.42. The van der Waals surface area contributed by atoms with Gasteiger partial charge >= 0.3 is 0 Å². The number of carboxylic acid groups (broad SMARTS) is 1. The fourth-order valence-electron chi connectivity index (χ4n) is 4.29. The molecule has 0 heterocycles. The fraction of sp³-hybridized carbons (Fsp3) is 0.355. The van der Waals surface area contributed by atoms with E-state index in [-0.39, 0.29) is 19.6 Å². The van der Waals surface area contributed by atoms with Crippen molar-refractivity contribution in [3.8, 4) is 11.1 Å². The Kier molecular flexibility index (Phi) is 12.1. The molecule has 0 radical (unpaired) electrons. The van der Waals surface area contributed by atoms with E-state index in [4.69, 9.17) is 4.84 Å². The molecule has 9 heteroatoms. The molecule has 3 aromatic carbocycles. The van der Waals surface area contributed by atoms with Gasteiger partial charge in [0.05, 0.1) is 18.6 Å². The van der Waals surface area contributed by atoms with Gasteiger partial charge in [-0.3, -0.25) is 9.63 Å². The van der Waals surface area contributed by atoms with E-state index >= 15 is 0 Å². The number of aliphatic carboxylic acids is 1. The molecule has 1 amide bonds. The highest BCUT2D eigenvalue weighted by molar-refractivity contribution is 7.98. The zero-order valence-corrected chi connectivity index (χ0v) is 23.9. The van der Waals surface area contributed by atoms with E-state index < -0.39 is 29.6 Å². The molecule has 0 saturated heterocycles. The standard InChI is InChI=1S/C31H36F2N2O4S/c1-4-5-13-35(19-23-15-24(32)18-25(33)16-23)39-20-22-10-11-27(28(17-22)26-9-7-6-8-21(26)2)30(36)34-29(31(37)38)12-14-40-3/h6-11,15-18,29H,4-5,12-14,19-20H2,1-3H3,(H,34,36)(H,37,38)/p-1/t29-/m0/s1. The Morgan fingerprint density at radius 2 is 1.75 bits per heavy atom. The summed E-state index contributed by atoms with van der Waals surface area (Å²) in [6, 6.07) is 15.2. The Labute approximate surface area is 238 Å². The first kappa shape index (κ1) is 31.3. The van der Waals surface area contributed by atoms with Crippen LogP contribution >= 0.6 is 11.8 Å². The van der Waals surface area contributed by atoms with Crippen molar-refractivity contribution in [1.29, 1.82) is 0 Å². The molecule has 1 atom stereocenters. The van der Waals surface area contributed by atoms with E-state index in [0.717, 1.165) is 35.6 Å². The number of hydrogen-bond acceptors (Lipinski definition) is 6. The number of hydroxylamine groups is 2. The van der Waals surface area contributed by atoms with Crippen LogP contribution in [-0.4, -0.2) is 41.5 Å². The molecule has 0 aliphatic heterocycles. The van der Waals surface area contributed by atoms with Gasteiger partial charge in [-0.15, -0.1) is 0 Å². The number of thioether (sulfide) groups is 1. The van der Waals surface area contributed by atoms with Crippen LogP contribution in [0.5, 0.6) is 0 Å². The Hall–Kier alpha value is -3.27. The molecule has 6 nitrogen and oxygen atoms in total. The van der Waals surface area contributed by atoms with E-state index in [9.17, 15) is 23.5 Å². The average Bonchev–Trinajstić information content (AvgIpc) is 2.91. The fourth-order valence-corrected chi connectivity index (χ4v) is 4.76. The number of carbonyl (C=O) groups excluding carboxylic acids is 2. The summed E-state index contributed by atoms with van der Waals surface area (Å²) < 4.78 is 27.5. The number of nitrogens with zero attached hydrogens (tertiary/aromatic N) is 1. The summed E-state index contributed by atoms with van der Waals surface area (Å²) in [5.74, 6) is -2.54. The lowest BCUT2D eigenvalue weighted by Crippen LogP contribution is -2.48. The van der Waals surface area contributed by atoms with Crippen molar-refractivity contribution in [2.75, 3.05) is 18.6 Å². The molecule has 40 heavy (non-hydrogen) atoms. The first-order valence-electron chi connectivity index (χ1n) is 13.2. The van der Waals surface area contributed by atoms with Crippen LogP contribution in [0.25, 0.3) is 11.1 Å². The SMILES string of the molecule is CCCCN(Cc1cc(F)cc(F)c1)OCc1ccc(C(=O)N[C@@H](CCSC)C(=O)[O-])c(-c2ccccc2C)c1. The van der Waals surface area contributed by atoms with Gasteiger partial charge < -0.3 is 15.2 Å². The average molecular weight is 570 g/mol. The minimum atomic E-state index is -1.32. The van der Waals surface area contributed by atoms with Crippen molar-refractivity contribution in [3.63, 3.8) is 0 Å². The topological polar surface area (TPSA) is 81.7 Å². The number of hydrogen-bond donors (Lipinski definition) is 1. The second-order valence-corrected chi connectivity index (χ2v) is 10.6. The number of carboxylic acids is 1. The number of aryl methyl sites for hydroxylation is 1. The van der Waals surface area contributed by atoms with Crippen molar-refractivity contribution < 1.29 is 28.3 Å². The minimum Gasteiger partial charge on any atom is -0.548 e. The summed E-state index contributed by atoms with van der Waals surface area (Å²) in [7, 11) is 0. The maximum Gasteiger partial charge on any atom is 0.252 e. The first-order valence-corrected chi connectivity index (χ1v) is 14.6. The normalized spacial score (nSPS) is 11.9. The van der Waals surface area contributed by atoms with Gasteiger partial charge in [-0.05, 0) is 83.9 Å². The first-order chi connectivity index (χ1) is 19.2. The summed E-state index contributed by atoms with van der Waals surface area (Å²) in [4.78, 5) is 31.0. The number of amides is 1. The number of benzene rings is 3. The molecule has 1 N–H and O–H groups in total. The Bertz CT molecular complexity index is 1280. The molecule has 0 aliphatic rings. The van der Waals surface area contributed by atoms with Crippen LogP contribution in [0.4, 0.5) is 8.78 Å². The predicted molar refractivity (Wildman–Crippen MR) is 152 cm³/mol. The largest absolute Gasteiger partial charge is 0.548 e. The van der Waals surface area contributed by atoms with Gasteiger partial charge in [0.1, 0.15) is 11.6 Å². The highest BCUT2D eigenvalue weighted by Crippen LogP contribution is 2.29. The molecule has 214 valence electrons. The molecule has 0 bridgehead atoms. The number of nitrogens with one attached hydrogen (secondary N) is 1. The third kappa shape index (κ3) is 9.15. The minimum absolute atomic E-state index is 0.164. The summed E-state index contributed by atoms with van der Waals surface area (Å²) in [6.07, 6.45) is 3.87. The van der Waals surface area contributed by atoms with Gasteiger partial charge in [-0.1, -0.05) is 43.7 Å². The van der Waals surface area contributed by atoms with E-state index in [1.165, 1.54) is 23.9 Å². The van der Waals surface area contributed by atoms with Crippen LogP contribution in [-0.2, 0) is 22.8 Å². The van der Waals surface area contributed by atoms with Gasteiger partial charge in [-0.2, -0.15) is 16.8 Å². The Morgan fingerprint density at radius 3 is 2.40 bits per heavy atom. The van der Waals surface area contributed by atoms with E-state index in [1.807, 2.05) is 50.4 Å². The van der Waals surface area contributed by atoms with Crippen LogP contribution in [0, 0.1) is 18.6 Å². The highest BCUT2D eigenvalue weighted by Gasteiger charge is 2.20. The van der Waals surface area contributed by atoms with Crippen LogP contribution < -0.4 is 10.4 Å². The summed E-state index contributed by atoms with van der Waals surface area (Å²) in [6.45, 7) is 4.93. The molecule has 0 aromatic heterocycles. The maximum absolute atomic E-state index is 13.7. The molecule has 0 unspecified atom stereocenters. The molecule has 0 aliphatic carbocycles. The lowest BCUT2D eigenvalue weighted by atomic mass is 9.93. The van der Waals surface area contributed by atoms with Crippen LogP contribution in [0.2, 0.25) is 0 Å². The van der Waals surface area contributed by atoms with Gasteiger partial charge in [0.15, 0.2) is 0 Å². The molecular weight excluding hydrogens is 534 g/mol. The second kappa shape index (κ2) is 15.5. The van der Waals surface area contributed by atoms with Gasteiger partial charge in [-0.25, -0.2) is 8.78 Å². The van der Waals surface area contributed by atoms with Crippen LogP contribution in [0.3, 0.4) is 0 Å². The highest BCUT2D eigenvalue weighted by atomic mass is 32.2. The van der Waals surface area contributed by atoms with Crippen molar-refractivity contribution in [2.45, 2.75) is 52.3 Å². The number of halogens is 2. The van der Waals surface area contributed by atoms with Crippen LogP contribution in [0.1, 0.15) is 53.2 Å². The molecule has 0 spiro atoms. The monoisotopic (exact) mass is 569 g/mol. The quantitative estimate of drug-likeness (QED) is 0.251. The van der Waals surface area contributed by atoms with Crippen molar-refractivity contribution >= 4 is 23.6 Å². The molecule has 3 rings (SSSR count). The summed E-state index contributed by atoms with van der Waals surface area (Å²) in [5.41, 5.74) is 4.01.